The molecule has 0 fully saturated rings. The maximum atomic E-state index is 5.88. The molecule has 0 aliphatic rings. The van der Waals surface area contributed by atoms with Crippen LogP contribution in [0.5, 0.6) is 5.88 Å². The molecule has 0 spiro atoms. The van der Waals surface area contributed by atoms with E-state index in [0.717, 1.165) is 18.8 Å². The maximum Gasteiger partial charge on any atom is 0.218 e. The molecule has 1 atom stereocenters. The van der Waals surface area contributed by atoms with Crippen molar-refractivity contribution in [1.82, 2.24) is 9.97 Å². The van der Waals surface area contributed by atoms with Gasteiger partial charge in [0, 0.05) is 25.0 Å². The molecule has 1 aromatic heterocycles. The Bertz CT molecular complexity index is 306. The Kier molecular flexibility index (Phi) is 4.62. The van der Waals surface area contributed by atoms with Crippen LogP contribution in [0.1, 0.15) is 13.3 Å². The molecule has 15 heavy (non-hydrogen) atoms. The van der Waals surface area contributed by atoms with Crippen LogP contribution in [-0.4, -0.2) is 36.0 Å². The molecule has 0 radical (unpaired) electrons. The third-order valence-corrected chi connectivity index (χ3v) is 2.31. The standard InChI is InChI=1S/C10H16ClN3O/c1-8(11)4-5-14(2)9-6-10(15-3)13-7-12-9/h6-8H,4-5H2,1-3H3. The van der Waals surface area contributed by atoms with E-state index in [1.807, 2.05) is 18.9 Å². The molecular weight excluding hydrogens is 214 g/mol. The Morgan fingerprint density at radius 1 is 1.53 bits per heavy atom. The number of hydrogen-bond acceptors (Lipinski definition) is 4. The number of alkyl halides is 1. The fourth-order valence-corrected chi connectivity index (χ4v) is 1.23. The second kappa shape index (κ2) is 5.75. The lowest BCUT2D eigenvalue weighted by molar-refractivity contribution is 0.397. The molecule has 0 aliphatic heterocycles. The summed E-state index contributed by atoms with van der Waals surface area (Å²) in [5.41, 5.74) is 0. The van der Waals surface area contributed by atoms with Gasteiger partial charge in [0.25, 0.3) is 0 Å². The Morgan fingerprint density at radius 2 is 2.27 bits per heavy atom. The van der Waals surface area contributed by atoms with Gasteiger partial charge in [-0.2, -0.15) is 0 Å². The molecule has 0 saturated carbocycles. The van der Waals surface area contributed by atoms with Crippen molar-refractivity contribution in [1.29, 1.82) is 0 Å². The molecule has 0 saturated heterocycles. The number of aromatic nitrogens is 2. The van der Waals surface area contributed by atoms with E-state index in [9.17, 15) is 0 Å². The number of halogens is 1. The van der Waals surface area contributed by atoms with Crippen LogP contribution in [0.2, 0.25) is 0 Å². The lowest BCUT2D eigenvalue weighted by atomic mass is 10.3. The first kappa shape index (κ1) is 12.0. The summed E-state index contributed by atoms with van der Waals surface area (Å²) in [4.78, 5) is 10.1. The van der Waals surface area contributed by atoms with E-state index >= 15 is 0 Å². The molecule has 0 bridgehead atoms. The summed E-state index contributed by atoms with van der Waals surface area (Å²) in [6, 6.07) is 1.80. The SMILES string of the molecule is COc1cc(N(C)CCC(C)Cl)ncn1. The number of anilines is 1. The lowest BCUT2D eigenvalue weighted by Crippen LogP contribution is -2.21. The molecule has 0 aliphatic carbocycles. The zero-order valence-electron chi connectivity index (χ0n) is 9.27. The Morgan fingerprint density at radius 3 is 2.87 bits per heavy atom. The highest BCUT2D eigenvalue weighted by atomic mass is 35.5. The topological polar surface area (TPSA) is 38.2 Å². The first-order chi connectivity index (χ1) is 7.13. The van der Waals surface area contributed by atoms with Crippen LogP contribution in [0.15, 0.2) is 12.4 Å². The fraction of sp³-hybridized carbons (Fsp3) is 0.600. The fourth-order valence-electron chi connectivity index (χ4n) is 1.14. The molecule has 1 rings (SSSR count). The minimum atomic E-state index is 0.177. The van der Waals surface area contributed by atoms with Crippen molar-refractivity contribution in [3.63, 3.8) is 0 Å². The largest absolute Gasteiger partial charge is 0.481 e. The van der Waals surface area contributed by atoms with Gasteiger partial charge in [-0.15, -0.1) is 11.6 Å². The van der Waals surface area contributed by atoms with E-state index in [1.165, 1.54) is 6.33 Å². The van der Waals surface area contributed by atoms with E-state index in [4.69, 9.17) is 16.3 Å². The van der Waals surface area contributed by atoms with E-state index < -0.39 is 0 Å². The molecule has 84 valence electrons. The molecule has 1 heterocycles. The van der Waals surface area contributed by atoms with E-state index in [0.29, 0.717) is 5.88 Å². The van der Waals surface area contributed by atoms with E-state index in [-0.39, 0.29) is 5.38 Å². The van der Waals surface area contributed by atoms with E-state index in [1.54, 1.807) is 13.2 Å². The van der Waals surface area contributed by atoms with Crippen molar-refractivity contribution in [3.8, 4) is 5.88 Å². The van der Waals surface area contributed by atoms with Crippen LogP contribution < -0.4 is 9.64 Å². The quantitative estimate of drug-likeness (QED) is 0.724. The first-order valence-electron chi connectivity index (χ1n) is 4.84. The van der Waals surface area contributed by atoms with E-state index in [2.05, 4.69) is 9.97 Å². The first-order valence-corrected chi connectivity index (χ1v) is 5.28. The number of methoxy groups -OCH3 is 1. The molecule has 1 aromatic rings. The van der Waals surface area contributed by atoms with Gasteiger partial charge in [-0.25, -0.2) is 9.97 Å². The third-order valence-electron chi connectivity index (χ3n) is 2.09. The van der Waals surface area contributed by atoms with Crippen molar-refractivity contribution in [2.24, 2.45) is 0 Å². The Balaban J connectivity index is 2.60. The third kappa shape index (κ3) is 3.91. The van der Waals surface area contributed by atoms with Crippen LogP contribution in [0.4, 0.5) is 5.82 Å². The van der Waals surface area contributed by atoms with Gasteiger partial charge in [0.15, 0.2) is 0 Å². The normalized spacial score (nSPS) is 12.3. The van der Waals surface area contributed by atoms with Gasteiger partial charge in [0.2, 0.25) is 5.88 Å². The van der Waals surface area contributed by atoms with Gasteiger partial charge >= 0.3 is 0 Å². The lowest BCUT2D eigenvalue weighted by Gasteiger charge is -2.18. The van der Waals surface area contributed by atoms with Gasteiger partial charge in [0.1, 0.15) is 12.1 Å². The Labute approximate surface area is 95.2 Å². The molecule has 4 nitrogen and oxygen atoms in total. The van der Waals surface area contributed by atoms with Crippen molar-refractivity contribution in [2.45, 2.75) is 18.7 Å². The van der Waals surface area contributed by atoms with Crippen molar-refractivity contribution in [3.05, 3.63) is 12.4 Å². The summed E-state index contributed by atoms with van der Waals surface area (Å²) in [6.45, 7) is 2.85. The summed E-state index contributed by atoms with van der Waals surface area (Å²) in [7, 11) is 3.56. The predicted molar refractivity (Wildman–Crippen MR) is 61.8 cm³/mol. The number of ether oxygens (including phenoxy) is 1. The summed E-state index contributed by atoms with van der Waals surface area (Å²) in [5, 5.41) is 0.177. The van der Waals surface area contributed by atoms with Gasteiger partial charge < -0.3 is 9.64 Å². The van der Waals surface area contributed by atoms with Crippen LogP contribution in [0.3, 0.4) is 0 Å². The summed E-state index contributed by atoms with van der Waals surface area (Å²) >= 11 is 5.88. The molecule has 0 N–H and O–H groups in total. The zero-order valence-corrected chi connectivity index (χ0v) is 10.0. The average Bonchev–Trinajstić information content (AvgIpc) is 2.26. The molecular formula is C10H16ClN3O. The average molecular weight is 230 g/mol. The summed E-state index contributed by atoms with van der Waals surface area (Å²) in [6.07, 6.45) is 2.42. The highest BCUT2D eigenvalue weighted by molar-refractivity contribution is 6.20. The zero-order chi connectivity index (χ0) is 11.3. The van der Waals surface area contributed by atoms with Crippen LogP contribution >= 0.6 is 11.6 Å². The minimum Gasteiger partial charge on any atom is -0.481 e. The molecule has 0 amide bonds. The monoisotopic (exact) mass is 229 g/mol. The minimum absolute atomic E-state index is 0.177. The predicted octanol–water partition coefficient (Wildman–Crippen LogP) is 1.94. The number of rotatable bonds is 5. The number of nitrogens with zero attached hydrogens (tertiary/aromatic N) is 3. The summed E-state index contributed by atoms with van der Waals surface area (Å²) < 4.78 is 5.03. The maximum absolute atomic E-state index is 5.88. The molecule has 5 heteroatoms. The van der Waals surface area contributed by atoms with Crippen LogP contribution in [0.25, 0.3) is 0 Å². The van der Waals surface area contributed by atoms with Crippen molar-refractivity contribution in [2.75, 3.05) is 25.6 Å². The van der Waals surface area contributed by atoms with Gasteiger partial charge in [0.05, 0.1) is 7.11 Å². The smallest absolute Gasteiger partial charge is 0.218 e. The van der Waals surface area contributed by atoms with Crippen LogP contribution in [0, 0.1) is 0 Å². The Hall–Kier alpha value is -1.03. The second-order valence-electron chi connectivity index (χ2n) is 3.41. The van der Waals surface area contributed by atoms with Gasteiger partial charge in [-0.05, 0) is 13.3 Å². The van der Waals surface area contributed by atoms with Crippen LogP contribution in [-0.2, 0) is 0 Å². The molecule has 0 aromatic carbocycles. The second-order valence-corrected chi connectivity index (χ2v) is 4.15. The number of hydrogen-bond donors (Lipinski definition) is 0. The van der Waals surface area contributed by atoms with Gasteiger partial charge in [-0.1, -0.05) is 0 Å². The highest BCUT2D eigenvalue weighted by Gasteiger charge is 2.05. The van der Waals surface area contributed by atoms with Crippen molar-refractivity contribution >= 4 is 17.4 Å². The highest BCUT2D eigenvalue weighted by Crippen LogP contribution is 2.14. The summed E-state index contributed by atoms with van der Waals surface area (Å²) in [5.74, 6) is 1.42. The molecule has 1 unspecified atom stereocenters. The van der Waals surface area contributed by atoms with Gasteiger partial charge in [-0.3, -0.25) is 0 Å². The van der Waals surface area contributed by atoms with Crippen molar-refractivity contribution < 1.29 is 4.74 Å².